The summed E-state index contributed by atoms with van der Waals surface area (Å²) in [6.07, 6.45) is 1.56. The van der Waals surface area contributed by atoms with Gasteiger partial charge in [-0.05, 0) is 18.1 Å². The Labute approximate surface area is 121 Å². The van der Waals surface area contributed by atoms with Crippen molar-refractivity contribution >= 4 is 11.5 Å². The highest BCUT2D eigenvalue weighted by atomic mass is 16.2. The van der Waals surface area contributed by atoms with Gasteiger partial charge in [-0.15, -0.1) is 0 Å². The number of nitrogens with zero attached hydrogens (tertiary/aromatic N) is 3. The molecule has 2 rings (SSSR count). The van der Waals surface area contributed by atoms with E-state index in [0.29, 0.717) is 18.8 Å². The summed E-state index contributed by atoms with van der Waals surface area (Å²) in [4.78, 5) is 25.9. The molecule has 0 unspecified atom stereocenters. The van der Waals surface area contributed by atoms with Crippen molar-refractivity contribution in [3.8, 4) is 0 Å². The van der Waals surface area contributed by atoms with E-state index in [0.717, 1.165) is 0 Å². The number of aromatic amines is 1. The second-order valence-corrected chi connectivity index (χ2v) is 5.09. The van der Waals surface area contributed by atoms with Gasteiger partial charge in [0.1, 0.15) is 11.5 Å². The Hall–Kier alpha value is -2.64. The number of nitrogens with two attached hydrogens (primary N) is 1. The fourth-order valence-corrected chi connectivity index (χ4v) is 1.91. The molecule has 0 aliphatic rings. The molecule has 0 aliphatic heterocycles. The molecule has 0 atom stereocenters. The minimum absolute atomic E-state index is 0.126. The van der Waals surface area contributed by atoms with Gasteiger partial charge in [0.2, 0.25) is 0 Å². The Kier molecular flexibility index (Phi) is 4.36. The summed E-state index contributed by atoms with van der Waals surface area (Å²) in [5, 5.41) is 10.6. The van der Waals surface area contributed by atoms with Crippen LogP contribution in [0.4, 0.5) is 11.5 Å². The number of hydrogen-bond acceptors (Lipinski definition) is 6. The second kappa shape index (κ2) is 6.21. The maximum atomic E-state index is 11.9. The summed E-state index contributed by atoms with van der Waals surface area (Å²) >= 11 is 0. The molecule has 0 saturated heterocycles. The van der Waals surface area contributed by atoms with E-state index < -0.39 is 11.2 Å². The van der Waals surface area contributed by atoms with Crippen LogP contribution in [0.5, 0.6) is 0 Å². The molecule has 0 radical (unpaired) electrons. The smallest absolute Gasteiger partial charge is 0.330 e. The van der Waals surface area contributed by atoms with Gasteiger partial charge in [0.15, 0.2) is 0 Å². The van der Waals surface area contributed by atoms with Gasteiger partial charge in [-0.2, -0.15) is 10.2 Å². The van der Waals surface area contributed by atoms with Gasteiger partial charge >= 0.3 is 5.69 Å². The quantitative estimate of drug-likeness (QED) is 0.722. The van der Waals surface area contributed by atoms with Crippen LogP contribution in [0.15, 0.2) is 27.9 Å². The SMILES string of the molecule is CC(C)Cn1c(N)c(NCc2cccnn2)c(=O)[nH]c1=O. The zero-order chi connectivity index (χ0) is 15.4. The van der Waals surface area contributed by atoms with Gasteiger partial charge in [-0.25, -0.2) is 4.79 Å². The van der Waals surface area contributed by atoms with E-state index in [4.69, 9.17) is 5.73 Å². The third kappa shape index (κ3) is 3.47. The van der Waals surface area contributed by atoms with Crippen LogP contribution >= 0.6 is 0 Å². The molecule has 2 aromatic heterocycles. The molecule has 112 valence electrons. The Morgan fingerprint density at radius 3 is 2.81 bits per heavy atom. The molecule has 0 aromatic carbocycles. The van der Waals surface area contributed by atoms with Gasteiger partial charge in [-0.1, -0.05) is 13.8 Å². The van der Waals surface area contributed by atoms with Gasteiger partial charge in [-0.3, -0.25) is 14.3 Å². The van der Waals surface area contributed by atoms with Gasteiger partial charge in [0.25, 0.3) is 5.56 Å². The zero-order valence-electron chi connectivity index (χ0n) is 12.0. The van der Waals surface area contributed by atoms with E-state index in [1.165, 1.54) is 4.57 Å². The van der Waals surface area contributed by atoms with Gasteiger partial charge in [0, 0.05) is 12.7 Å². The molecular weight excluding hydrogens is 272 g/mol. The highest BCUT2D eigenvalue weighted by Crippen LogP contribution is 2.12. The number of anilines is 2. The van der Waals surface area contributed by atoms with Crippen LogP contribution in [-0.4, -0.2) is 19.7 Å². The van der Waals surface area contributed by atoms with E-state index in [9.17, 15) is 9.59 Å². The summed E-state index contributed by atoms with van der Waals surface area (Å²) in [7, 11) is 0. The number of nitrogen functional groups attached to an aromatic ring is 1. The molecule has 0 aliphatic carbocycles. The van der Waals surface area contributed by atoms with Crippen LogP contribution in [0.3, 0.4) is 0 Å². The van der Waals surface area contributed by atoms with Crippen molar-refractivity contribution in [3.63, 3.8) is 0 Å². The molecule has 0 saturated carbocycles. The van der Waals surface area contributed by atoms with Crippen LogP contribution < -0.4 is 22.3 Å². The number of H-pyrrole nitrogens is 1. The van der Waals surface area contributed by atoms with Crippen LogP contribution in [0, 0.1) is 5.92 Å². The lowest BCUT2D eigenvalue weighted by molar-refractivity contribution is 0.508. The maximum absolute atomic E-state index is 11.9. The molecule has 21 heavy (non-hydrogen) atoms. The normalized spacial score (nSPS) is 10.8. The minimum Gasteiger partial charge on any atom is -0.383 e. The first-order chi connectivity index (χ1) is 9.99. The lowest BCUT2D eigenvalue weighted by atomic mass is 10.2. The average Bonchev–Trinajstić information content (AvgIpc) is 2.44. The first kappa shape index (κ1) is 14.8. The average molecular weight is 290 g/mol. The topological polar surface area (TPSA) is 119 Å². The highest BCUT2D eigenvalue weighted by molar-refractivity contribution is 5.60. The van der Waals surface area contributed by atoms with Crippen molar-refractivity contribution in [2.45, 2.75) is 26.9 Å². The van der Waals surface area contributed by atoms with Gasteiger partial charge < -0.3 is 11.1 Å². The molecule has 8 nitrogen and oxygen atoms in total. The number of aromatic nitrogens is 4. The van der Waals surface area contributed by atoms with Crippen LogP contribution in [0.2, 0.25) is 0 Å². The monoisotopic (exact) mass is 290 g/mol. The summed E-state index contributed by atoms with van der Waals surface area (Å²) in [6.45, 7) is 4.65. The molecule has 8 heteroatoms. The first-order valence-corrected chi connectivity index (χ1v) is 6.62. The summed E-state index contributed by atoms with van der Waals surface area (Å²) in [6, 6.07) is 3.52. The van der Waals surface area contributed by atoms with E-state index >= 15 is 0 Å². The maximum Gasteiger partial charge on any atom is 0.330 e. The van der Waals surface area contributed by atoms with E-state index in [1.54, 1.807) is 18.3 Å². The molecule has 0 spiro atoms. The molecular formula is C13H18N6O2. The van der Waals surface area contributed by atoms with Crippen molar-refractivity contribution in [1.29, 1.82) is 0 Å². The second-order valence-electron chi connectivity index (χ2n) is 5.09. The summed E-state index contributed by atoms with van der Waals surface area (Å²) in [5.74, 6) is 0.352. The number of hydrogen-bond donors (Lipinski definition) is 3. The predicted molar refractivity (Wildman–Crippen MR) is 79.9 cm³/mol. The van der Waals surface area contributed by atoms with Crippen LogP contribution in [0.1, 0.15) is 19.5 Å². The van der Waals surface area contributed by atoms with E-state index in [2.05, 4.69) is 20.5 Å². The molecule has 0 amide bonds. The Balaban J connectivity index is 2.31. The Morgan fingerprint density at radius 1 is 1.43 bits per heavy atom. The fourth-order valence-electron chi connectivity index (χ4n) is 1.91. The standard InChI is InChI=1S/C13H18N6O2/c1-8(2)7-19-11(14)10(12(20)17-13(19)21)15-6-9-4-3-5-16-18-9/h3-5,8,15H,6-7,14H2,1-2H3,(H,17,20,21). The third-order valence-corrected chi connectivity index (χ3v) is 2.86. The zero-order valence-corrected chi connectivity index (χ0v) is 12.0. The molecule has 2 heterocycles. The van der Waals surface area contributed by atoms with Crippen molar-refractivity contribution < 1.29 is 0 Å². The summed E-state index contributed by atoms with van der Waals surface area (Å²) in [5.41, 5.74) is 5.73. The van der Waals surface area contributed by atoms with Gasteiger partial charge in [0.05, 0.1) is 12.2 Å². The fraction of sp³-hybridized carbons (Fsp3) is 0.385. The van der Waals surface area contributed by atoms with Crippen LogP contribution in [0.25, 0.3) is 0 Å². The van der Waals surface area contributed by atoms with E-state index in [-0.39, 0.29) is 17.4 Å². The molecule has 0 bridgehead atoms. The molecule has 0 fully saturated rings. The molecule has 4 N–H and O–H groups in total. The largest absolute Gasteiger partial charge is 0.383 e. The van der Waals surface area contributed by atoms with Crippen molar-refractivity contribution in [2.75, 3.05) is 11.1 Å². The van der Waals surface area contributed by atoms with E-state index in [1.807, 2.05) is 13.8 Å². The lowest BCUT2D eigenvalue weighted by Crippen LogP contribution is -2.35. The minimum atomic E-state index is -0.540. The molecule has 2 aromatic rings. The van der Waals surface area contributed by atoms with Crippen molar-refractivity contribution in [2.24, 2.45) is 5.92 Å². The highest BCUT2D eigenvalue weighted by Gasteiger charge is 2.13. The number of nitrogens with one attached hydrogen (secondary N) is 2. The van der Waals surface area contributed by atoms with Crippen molar-refractivity contribution in [3.05, 3.63) is 44.9 Å². The van der Waals surface area contributed by atoms with Crippen molar-refractivity contribution in [1.82, 2.24) is 19.7 Å². The number of rotatable bonds is 5. The summed E-state index contributed by atoms with van der Waals surface area (Å²) < 4.78 is 1.35. The third-order valence-electron chi connectivity index (χ3n) is 2.86. The Morgan fingerprint density at radius 2 is 2.19 bits per heavy atom. The van der Waals surface area contributed by atoms with Crippen LogP contribution in [-0.2, 0) is 13.1 Å². The lowest BCUT2D eigenvalue weighted by Gasteiger charge is -2.15. The Bertz CT molecular complexity index is 720. The predicted octanol–water partition coefficient (Wildman–Crippen LogP) is 0.177. The first-order valence-electron chi connectivity index (χ1n) is 6.62.